The summed E-state index contributed by atoms with van der Waals surface area (Å²) in [6.07, 6.45) is 8.49. The van der Waals surface area contributed by atoms with E-state index in [1.165, 1.54) is 31.9 Å². The fraction of sp³-hybridized carbons (Fsp3) is 0.519. The number of likely N-dealkylation sites (tertiary alicyclic amines) is 1. The quantitative estimate of drug-likeness (QED) is 0.475. The van der Waals surface area contributed by atoms with Crippen molar-refractivity contribution in [1.29, 1.82) is 0 Å². The molecule has 6 rings (SSSR count). The Labute approximate surface area is 230 Å². The van der Waals surface area contributed by atoms with Crippen molar-refractivity contribution in [3.05, 3.63) is 47.8 Å². The van der Waals surface area contributed by atoms with E-state index in [1.807, 2.05) is 11.6 Å². The van der Waals surface area contributed by atoms with Crippen LogP contribution in [-0.4, -0.2) is 60.3 Å². The highest BCUT2D eigenvalue weighted by molar-refractivity contribution is 7.90. The predicted octanol–water partition coefficient (Wildman–Crippen LogP) is 5.09. The average molecular weight is 570 g/mol. The number of rotatable bonds is 4. The van der Waals surface area contributed by atoms with Gasteiger partial charge in [-0.25, -0.2) is 17.8 Å². The standard InChI is InChI=1S/C27H33FN4O2S.2ClH/c1-31-25-14-19(17-9-11-32(12-10-17)22-15-20-5-6-21(16-22)29-20)13-24(28)26(25)30-27(31)18-3-7-23(8-4-18)35(2,33)34;;/h3-4,7-8,13-14,17,20-22,29H,5-6,9-12,15-16H2,1-2H3;2*1H. The Balaban J connectivity index is 0.00000160. The van der Waals surface area contributed by atoms with E-state index in [0.717, 1.165) is 42.6 Å². The van der Waals surface area contributed by atoms with Crippen LogP contribution in [0.4, 0.5) is 4.39 Å². The van der Waals surface area contributed by atoms with Gasteiger partial charge in [0.15, 0.2) is 15.7 Å². The van der Waals surface area contributed by atoms with Crippen molar-refractivity contribution in [2.24, 2.45) is 7.05 Å². The van der Waals surface area contributed by atoms with Crippen LogP contribution in [0.1, 0.15) is 50.0 Å². The number of imidazole rings is 1. The van der Waals surface area contributed by atoms with Gasteiger partial charge >= 0.3 is 0 Å². The lowest BCUT2D eigenvalue weighted by Crippen LogP contribution is -2.50. The maximum Gasteiger partial charge on any atom is 0.175 e. The minimum Gasteiger partial charge on any atom is -0.327 e. The predicted molar refractivity (Wildman–Crippen MR) is 150 cm³/mol. The number of piperidine rings is 2. The molecule has 0 radical (unpaired) electrons. The number of hydrogen-bond donors (Lipinski definition) is 1. The van der Waals surface area contributed by atoms with Crippen LogP contribution in [-0.2, 0) is 16.9 Å². The first-order valence-corrected chi connectivity index (χ1v) is 14.6. The smallest absolute Gasteiger partial charge is 0.175 e. The van der Waals surface area contributed by atoms with Crippen LogP contribution >= 0.6 is 24.8 Å². The molecular weight excluding hydrogens is 534 g/mol. The van der Waals surface area contributed by atoms with Crippen LogP contribution in [0.3, 0.4) is 0 Å². The van der Waals surface area contributed by atoms with Crippen molar-refractivity contribution >= 4 is 45.7 Å². The first kappa shape index (κ1) is 28.3. The second-order valence-electron chi connectivity index (χ2n) is 10.7. The molecule has 0 aliphatic carbocycles. The Kier molecular flexibility index (Phi) is 8.27. The lowest BCUT2D eigenvalue weighted by molar-refractivity contribution is 0.111. The zero-order valence-electron chi connectivity index (χ0n) is 21.2. The minimum atomic E-state index is -3.27. The molecule has 10 heteroatoms. The summed E-state index contributed by atoms with van der Waals surface area (Å²) in [6.45, 7) is 2.16. The molecule has 0 spiro atoms. The molecule has 1 aromatic heterocycles. The normalized spacial score (nSPS) is 24.6. The number of aromatic nitrogens is 2. The van der Waals surface area contributed by atoms with Crippen LogP contribution in [0.15, 0.2) is 41.3 Å². The number of aryl methyl sites for hydroxylation is 1. The van der Waals surface area contributed by atoms with Gasteiger partial charge in [-0.05, 0) is 99.5 Å². The van der Waals surface area contributed by atoms with Gasteiger partial charge in [-0.15, -0.1) is 24.8 Å². The van der Waals surface area contributed by atoms with Gasteiger partial charge in [-0.2, -0.15) is 0 Å². The first-order chi connectivity index (χ1) is 16.8. The summed E-state index contributed by atoms with van der Waals surface area (Å²) in [6, 6.07) is 12.5. The molecule has 3 aliphatic heterocycles. The number of hydrogen-bond acceptors (Lipinski definition) is 5. The van der Waals surface area contributed by atoms with Gasteiger partial charge in [0.1, 0.15) is 11.3 Å². The molecule has 1 N–H and O–H groups in total. The third kappa shape index (κ3) is 5.41. The summed E-state index contributed by atoms with van der Waals surface area (Å²) >= 11 is 0. The number of halogens is 3. The molecule has 3 aliphatic rings. The molecule has 2 aromatic carbocycles. The van der Waals surface area contributed by atoms with E-state index < -0.39 is 9.84 Å². The Bertz CT molecular complexity index is 1360. The second kappa shape index (κ2) is 10.8. The number of benzene rings is 2. The number of sulfone groups is 1. The highest BCUT2D eigenvalue weighted by Gasteiger charge is 2.37. The molecule has 3 saturated heterocycles. The summed E-state index contributed by atoms with van der Waals surface area (Å²) in [7, 11) is -1.37. The second-order valence-corrected chi connectivity index (χ2v) is 12.8. The molecule has 2 atom stereocenters. The monoisotopic (exact) mass is 568 g/mol. The molecule has 2 bridgehead atoms. The average Bonchev–Trinajstić information content (AvgIpc) is 3.37. The summed E-state index contributed by atoms with van der Waals surface area (Å²) in [5.41, 5.74) is 2.96. The zero-order chi connectivity index (χ0) is 24.3. The van der Waals surface area contributed by atoms with Crippen LogP contribution in [0.25, 0.3) is 22.4 Å². The summed E-state index contributed by atoms with van der Waals surface area (Å²) in [5, 5.41) is 3.74. The Morgan fingerprint density at radius 2 is 1.59 bits per heavy atom. The minimum absolute atomic E-state index is 0. The Morgan fingerprint density at radius 1 is 0.973 bits per heavy atom. The summed E-state index contributed by atoms with van der Waals surface area (Å²) in [5.74, 6) is 0.701. The van der Waals surface area contributed by atoms with Crippen molar-refractivity contribution in [2.45, 2.75) is 67.5 Å². The van der Waals surface area contributed by atoms with E-state index in [0.29, 0.717) is 35.4 Å². The van der Waals surface area contributed by atoms with Crippen molar-refractivity contribution in [2.75, 3.05) is 19.3 Å². The lowest BCUT2D eigenvalue weighted by Gasteiger charge is -2.41. The van der Waals surface area contributed by atoms with E-state index in [1.54, 1.807) is 30.3 Å². The highest BCUT2D eigenvalue weighted by atomic mass is 35.5. The fourth-order valence-electron chi connectivity index (χ4n) is 6.53. The molecule has 0 amide bonds. The largest absolute Gasteiger partial charge is 0.327 e. The van der Waals surface area contributed by atoms with Gasteiger partial charge in [0.05, 0.1) is 10.4 Å². The molecule has 202 valence electrons. The number of nitrogens with one attached hydrogen (secondary N) is 1. The molecular formula is C27H35Cl2FN4O2S. The molecule has 3 aromatic rings. The molecule has 3 fully saturated rings. The van der Waals surface area contributed by atoms with E-state index in [4.69, 9.17) is 0 Å². The highest BCUT2D eigenvalue weighted by Crippen LogP contribution is 2.36. The van der Waals surface area contributed by atoms with Crippen LogP contribution in [0.2, 0.25) is 0 Å². The van der Waals surface area contributed by atoms with Gasteiger partial charge in [0.2, 0.25) is 0 Å². The van der Waals surface area contributed by atoms with Crippen molar-refractivity contribution < 1.29 is 12.8 Å². The summed E-state index contributed by atoms with van der Waals surface area (Å²) < 4.78 is 40.7. The van der Waals surface area contributed by atoms with Gasteiger partial charge in [-0.3, -0.25) is 0 Å². The van der Waals surface area contributed by atoms with Crippen LogP contribution in [0.5, 0.6) is 0 Å². The van der Waals surface area contributed by atoms with Crippen molar-refractivity contribution in [3.8, 4) is 11.4 Å². The third-order valence-electron chi connectivity index (χ3n) is 8.47. The van der Waals surface area contributed by atoms with Crippen LogP contribution < -0.4 is 5.32 Å². The van der Waals surface area contributed by atoms with Crippen molar-refractivity contribution in [1.82, 2.24) is 19.8 Å². The van der Waals surface area contributed by atoms with Gasteiger partial charge < -0.3 is 14.8 Å². The van der Waals surface area contributed by atoms with Gasteiger partial charge in [0.25, 0.3) is 0 Å². The van der Waals surface area contributed by atoms with Crippen molar-refractivity contribution in [3.63, 3.8) is 0 Å². The first-order valence-electron chi connectivity index (χ1n) is 12.7. The van der Waals surface area contributed by atoms with E-state index in [9.17, 15) is 8.42 Å². The maximum atomic E-state index is 15.2. The Hall–Kier alpha value is -1.71. The summed E-state index contributed by atoms with van der Waals surface area (Å²) in [4.78, 5) is 7.52. The SMILES string of the molecule is Cl.Cl.Cn1c(-c2ccc(S(C)(=O)=O)cc2)nc2c(F)cc(C3CCN(C4CC5CCC(C4)N5)CC3)cc21. The van der Waals surface area contributed by atoms with E-state index in [-0.39, 0.29) is 35.5 Å². The third-order valence-corrected chi connectivity index (χ3v) is 9.60. The molecule has 0 saturated carbocycles. The zero-order valence-corrected chi connectivity index (χ0v) is 23.6. The molecule has 2 unspecified atom stereocenters. The van der Waals surface area contributed by atoms with Gasteiger partial charge in [0, 0.05) is 37.0 Å². The fourth-order valence-corrected chi connectivity index (χ4v) is 7.17. The molecule has 4 heterocycles. The van der Waals surface area contributed by atoms with Crippen LogP contribution in [0, 0.1) is 5.82 Å². The maximum absolute atomic E-state index is 15.2. The van der Waals surface area contributed by atoms with E-state index in [2.05, 4.69) is 21.3 Å². The molecule has 37 heavy (non-hydrogen) atoms. The Morgan fingerprint density at radius 3 is 2.19 bits per heavy atom. The lowest BCUT2D eigenvalue weighted by atomic mass is 9.87. The number of fused-ring (bicyclic) bond motifs is 3. The molecule has 6 nitrogen and oxygen atoms in total. The van der Waals surface area contributed by atoms with E-state index >= 15 is 4.39 Å². The van der Waals surface area contributed by atoms with Gasteiger partial charge in [-0.1, -0.05) is 0 Å². The number of nitrogens with zero attached hydrogens (tertiary/aromatic N) is 3. The topological polar surface area (TPSA) is 67.2 Å².